The monoisotopic (exact) mass is 1410 g/mol. The van der Waals surface area contributed by atoms with Crippen molar-refractivity contribution in [3.63, 3.8) is 0 Å². The topological polar surface area (TPSA) is 545 Å². The van der Waals surface area contributed by atoms with Crippen LogP contribution >= 0.6 is 0 Å². The van der Waals surface area contributed by atoms with Gasteiger partial charge < -0.3 is 169 Å². The third kappa shape index (κ3) is 14.4. The largest absolute Gasteiger partial charge is 0.394 e. The summed E-state index contributed by atoms with van der Waals surface area (Å²) in [5.41, 5.74) is -0.210. The molecule has 562 valence electrons. The third-order valence-electron chi connectivity index (χ3n) is 24.3. The molecule has 7 heterocycles. The summed E-state index contributed by atoms with van der Waals surface area (Å²) in [7, 11) is 0. The smallest absolute Gasteiger partial charge is 0.187 e. The molecular formula is C63H106O34. The standard InChI is InChI=1S/C63H106O34/c1-22(21-85-55-48(81)43(76)51(33(18-67)90-55)95-58-49(82)44(77)52(34(19-68)91-58)93-56-46(79)40(73)37(70)30(15-64)87-56)7-12-63(84)23(2)36-29(97-63)14-28-26-6-5-24-13-25(8-10-61(24,3)27(26)9-11-62(28,36)4)86-60-54(42(75)39(72)32(17-66)89-60)96-59-50(83)45(78)53(35(20-69)92-59)94-57-47(80)41(74)38(71)31(16-65)88-57/h22-60,64-84H,5-21H2,1-4H3/t22-,23-,24+,25-,26+,27-,28-,29-,30+,31+,32+,33+,34+,35+,36-,37+,38+,39-,40-,41-,42-,43+,44+,45+,46+,47+,48+,49+,50+,51+,52+,53+,54+,55+,56+,57+,58+,59-,60+,61-,62-,63?/m0/s1. The summed E-state index contributed by atoms with van der Waals surface area (Å²) in [5.74, 6) is -0.564. The molecule has 1 unspecified atom stereocenters. The van der Waals surface area contributed by atoms with Crippen LogP contribution in [0.1, 0.15) is 91.9 Å². The Balaban J connectivity index is 0.653. The van der Waals surface area contributed by atoms with Crippen molar-refractivity contribution in [1.29, 1.82) is 0 Å². The molecule has 0 aromatic rings. The number of hydrogen-bond donors (Lipinski definition) is 21. The molecule has 21 N–H and O–H groups in total. The molecule has 0 spiro atoms. The zero-order valence-electron chi connectivity index (χ0n) is 54.7. The van der Waals surface area contributed by atoms with Crippen LogP contribution in [0, 0.1) is 52.3 Å². The molecule has 11 rings (SSSR count). The van der Waals surface area contributed by atoms with Crippen LogP contribution in [-0.4, -0.2) is 356 Å². The van der Waals surface area contributed by atoms with E-state index in [0.717, 1.165) is 38.5 Å². The van der Waals surface area contributed by atoms with Crippen molar-refractivity contribution in [2.75, 3.05) is 46.2 Å². The fourth-order valence-corrected chi connectivity index (χ4v) is 18.6. The summed E-state index contributed by atoms with van der Waals surface area (Å²) >= 11 is 0. The van der Waals surface area contributed by atoms with Crippen LogP contribution in [0.25, 0.3) is 0 Å². The molecule has 42 atom stereocenters. The minimum absolute atomic E-state index is 0.0182. The van der Waals surface area contributed by atoms with E-state index in [0.29, 0.717) is 37.0 Å². The molecule has 7 aliphatic heterocycles. The Morgan fingerprint density at radius 1 is 0.412 bits per heavy atom. The number of fused-ring (bicyclic) bond motifs is 7. The number of ether oxygens (including phenoxy) is 13. The first-order chi connectivity index (χ1) is 46.0. The van der Waals surface area contributed by atoms with Gasteiger partial charge in [0.15, 0.2) is 43.5 Å². The Hall–Kier alpha value is -1.36. The van der Waals surface area contributed by atoms with Crippen LogP contribution in [0.2, 0.25) is 0 Å². The lowest BCUT2D eigenvalue weighted by Crippen LogP contribution is -2.66. The molecule has 0 amide bonds. The van der Waals surface area contributed by atoms with Gasteiger partial charge >= 0.3 is 0 Å². The maximum Gasteiger partial charge on any atom is 0.187 e. The van der Waals surface area contributed by atoms with Gasteiger partial charge in [-0.25, -0.2) is 0 Å². The average Bonchev–Trinajstić information content (AvgIpc) is 1.57. The van der Waals surface area contributed by atoms with E-state index < -0.39 is 236 Å². The summed E-state index contributed by atoms with van der Waals surface area (Å²) in [6.07, 6.45) is -44.2. The van der Waals surface area contributed by atoms with Crippen molar-refractivity contribution in [3.05, 3.63) is 0 Å². The second kappa shape index (κ2) is 31.0. The Morgan fingerprint density at radius 3 is 1.30 bits per heavy atom. The van der Waals surface area contributed by atoms with Crippen LogP contribution in [0.4, 0.5) is 0 Å². The molecule has 97 heavy (non-hydrogen) atoms. The van der Waals surface area contributed by atoms with Gasteiger partial charge in [0, 0.05) is 12.3 Å². The van der Waals surface area contributed by atoms with E-state index in [1.54, 1.807) is 0 Å². The highest BCUT2D eigenvalue weighted by atomic mass is 16.8. The summed E-state index contributed by atoms with van der Waals surface area (Å²) in [6.45, 7) is 3.87. The number of hydrogen-bond acceptors (Lipinski definition) is 34. The lowest BCUT2D eigenvalue weighted by atomic mass is 9.44. The number of aliphatic hydroxyl groups is 21. The molecule has 0 aromatic heterocycles. The van der Waals surface area contributed by atoms with E-state index in [4.69, 9.17) is 61.6 Å². The van der Waals surface area contributed by atoms with Gasteiger partial charge in [-0.2, -0.15) is 0 Å². The molecule has 4 saturated carbocycles. The maximum absolute atomic E-state index is 12.4. The Morgan fingerprint density at radius 2 is 0.814 bits per heavy atom. The molecule has 0 aromatic carbocycles. The summed E-state index contributed by atoms with van der Waals surface area (Å²) in [4.78, 5) is 0. The van der Waals surface area contributed by atoms with Gasteiger partial charge in [-0.3, -0.25) is 0 Å². The summed E-state index contributed by atoms with van der Waals surface area (Å²) in [6, 6.07) is 0. The molecule has 0 bridgehead atoms. The van der Waals surface area contributed by atoms with Gasteiger partial charge in [0.05, 0.1) is 58.5 Å². The highest BCUT2D eigenvalue weighted by Gasteiger charge is 2.69. The fraction of sp³-hybridized carbons (Fsp3) is 1.00. The van der Waals surface area contributed by atoms with E-state index >= 15 is 0 Å². The van der Waals surface area contributed by atoms with Gasteiger partial charge in [-0.15, -0.1) is 0 Å². The summed E-state index contributed by atoms with van der Waals surface area (Å²) < 4.78 is 76.8. The molecule has 7 saturated heterocycles. The van der Waals surface area contributed by atoms with Crippen molar-refractivity contribution in [2.45, 2.75) is 294 Å². The van der Waals surface area contributed by atoms with Crippen molar-refractivity contribution in [3.8, 4) is 0 Å². The van der Waals surface area contributed by atoms with Crippen molar-refractivity contribution < 1.29 is 169 Å². The molecule has 0 radical (unpaired) electrons. The molecule has 11 aliphatic rings. The van der Waals surface area contributed by atoms with Crippen molar-refractivity contribution in [1.82, 2.24) is 0 Å². The van der Waals surface area contributed by atoms with Crippen LogP contribution in [0.3, 0.4) is 0 Å². The second-order valence-electron chi connectivity index (χ2n) is 29.9. The third-order valence-corrected chi connectivity index (χ3v) is 24.3. The van der Waals surface area contributed by atoms with E-state index in [1.807, 2.05) is 6.92 Å². The van der Waals surface area contributed by atoms with Gasteiger partial charge in [0.25, 0.3) is 0 Å². The van der Waals surface area contributed by atoms with Crippen molar-refractivity contribution in [2.24, 2.45) is 52.3 Å². The minimum Gasteiger partial charge on any atom is -0.394 e. The van der Waals surface area contributed by atoms with Gasteiger partial charge in [-0.05, 0) is 104 Å². The van der Waals surface area contributed by atoms with Gasteiger partial charge in [0.2, 0.25) is 0 Å². The zero-order valence-corrected chi connectivity index (χ0v) is 54.7. The van der Waals surface area contributed by atoms with Crippen molar-refractivity contribution >= 4 is 0 Å². The van der Waals surface area contributed by atoms with E-state index in [1.165, 1.54) is 0 Å². The first kappa shape index (κ1) is 76.8. The SMILES string of the molecule is C[C@@H](CCC1(O)O[C@H]2C[C@H]3[C@@H]4CC[C@@H]5C[C@@H](O[C@@H]6O[C@H](CO)[C@H](O)[C@H](O)[C@H]6O[C@@H]6O[C@H](CO)[C@@H](O[C@H]7O[C@H](CO)[C@@H](O)[C@H](O)[C@H]7O)[C@H](O)[C@H]6O)CC[C@]5(C)[C@H]4CC[C@]3(C)[C@H]2[C@@H]1C)CO[C@@H]1O[C@H](CO)[C@@H](O[C@H]2O[C@H](CO)[C@@H](O[C@H]3O[C@H](CO)[C@@H](O)[C@H](O)[C@H]3O)[C@H](O)[C@H]2O)[C@H](O)[C@H]1O. The van der Waals surface area contributed by atoms with Crippen LogP contribution in [0.5, 0.6) is 0 Å². The lowest BCUT2D eigenvalue weighted by molar-refractivity contribution is -0.387. The zero-order chi connectivity index (χ0) is 70.2. The van der Waals surface area contributed by atoms with Gasteiger partial charge in [0.1, 0.15) is 146 Å². The normalized spacial score (nSPS) is 55.1. The molecular weight excluding hydrogens is 1300 g/mol. The fourth-order valence-electron chi connectivity index (χ4n) is 18.6. The average molecular weight is 1410 g/mol. The van der Waals surface area contributed by atoms with E-state index in [-0.39, 0.29) is 53.6 Å². The minimum atomic E-state index is -1.99. The maximum atomic E-state index is 12.4. The first-order valence-electron chi connectivity index (χ1n) is 34.4. The number of aliphatic hydroxyl groups excluding tert-OH is 20. The van der Waals surface area contributed by atoms with Crippen LogP contribution < -0.4 is 0 Å². The predicted octanol–water partition coefficient (Wildman–Crippen LogP) is -8.31. The summed E-state index contributed by atoms with van der Waals surface area (Å²) in [5, 5.41) is 225. The molecule has 34 heteroatoms. The van der Waals surface area contributed by atoms with E-state index in [9.17, 15) is 107 Å². The quantitative estimate of drug-likeness (QED) is 0.0448. The van der Waals surface area contributed by atoms with E-state index in [2.05, 4.69) is 20.8 Å². The predicted molar refractivity (Wildman–Crippen MR) is 317 cm³/mol. The van der Waals surface area contributed by atoms with Crippen LogP contribution in [0.15, 0.2) is 0 Å². The van der Waals surface area contributed by atoms with Crippen LogP contribution in [-0.2, 0) is 61.6 Å². The Bertz CT molecular complexity index is 2510. The second-order valence-corrected chi connectivity index (χ2v) is 29.9. The molecule has 34 nitrogen and oxygen atoms in total. The Kier molecular flexibility index (Phi) is 24.5. The molecule has 11 fully saturated rings. The highest BCUT2D eigenvalue weighted by molar-refractivity contribution is 5.15. The first-order valence-corrected chi connectivity index (χ1v) is 34.4. The van der Waals surface area contributed by atoms with Gasteiger partial charge in [-0.1, -0.05) is 27.7 Å². The number of rotatable bonds is 22. The lowest BCUT2D eigenvalue weighted by Gasteiger charge is -2.61. The molecule has 4 aliphatic carbocycles. The Labute approximate surface area is 559 Å². The highest BCUT2D eigenvalue weighted by Crippen LogP contribution is 2.71.